The molecule has 2 aromatic heterocycles. The van der Waals surface area contributed by atoms with Crippen molar-refractivity contribution in [3.8, 4) is 0 Å². The van der Waals surface area contributed by atoms with Crippen molar-refractivity contribution in [1.82, 2.24) is 15.1 Å². The minimum absolute atomic E-state index is 0.0781. The molecule has 0 aliphatic heterocycles. The predicted molar refractivity (Wildman–Crippen MR) is 77.0 cm³/mol. The molecular weight excluding hydrogens is 258 g/mol. The maximum Gasteiger partial charge on any atom is 0.224 e. The molecule has 1 N–H and O–H groups in total. The van der Waals surface area contributed by atoms with Crippen molar-refractivity contribution in [3.63, 3.8) is 0 Å². The largest absolute Gasteiger partial charge is 0.353 e. The molecular formula is C14H19N3OS. The lowest BCUT2D eigenvalue weighted by Crippen LogP contribution is -2.38. The van der Waals surface area contributed by atoms with Crippen LogP contribution in [-0.4, -0.2) is 21.7 Å². The molecule has 4 nitrogen and oxygen atoms in total. The first-order chi connectivity index (χ1) is 9.15. The molecule has 0 spiro atoms. The van der Waals surface area contributed by atoms with Gasteiger partial charge >= 0.3 is 0 Å². The van der Waals surface area contributed by atoms with Crippen molar-refractivity contribution in [1.29, 1.82) is 0 Å². The van der Waals surface area contributed by atoms with E-state index in [0.717, 1.165) is 6.42 Å². The van der Waals surface area contributed by atoms with Gasteiger partial charge in [0.2, 0.25) is 5.91 Å². The summed E-state index contributed by atoms with van der Waals surface area (Å²) in [5.41, 5.74) is 0. The Kier molecular flexibility index (Phi) is 4.74. The summed E-state index contributed by atoms with van der Waals surface area (Å²) in [5, 5.41) is 9.23. The summed E-state index contributed by atoms with van der Waals surface area (Å²) in [6, 6.07) is 6.16. The molecule has 0 unspecified atom stereocenters. The van der Waals surface area contributed by atoms with E-state index in [2.05, 4.69) is 21.9 Å². The number of rotatable bonds is 6. The van der Waals surface area contributed by atoms with Crippen molar-refractivity contribution in [2.24, 2.45) is 5.92 Å². The molecule has 0 saturated heterocycles. The van der Waals surface area contributed by atoms with Gasteiger partial charge in [0.1, 0.15) is 0 Å². The summed E-state index contributed by atoms with van der Waals surface area (Å²) in [7, 11) is 0. The monoisotopic (exact) mass is 277 g/mol. The fraction of sp³-hybridized carbons (Fsp3) is 0.429. The predicted octanol–water partition coefficient (Wildman–Crippen LogP) is 2.33. The normalized spacial score (nSPS) is 14.0. The van der Waals surface area contributed by atoms with Gasteiger partial charge in [-0.1, -0.05) is 13.0 Å². The lowest BCUT2D eigenvalue weighted by atomic mass is 10.1. The SMILES string of the molecule is C[C@@H](Cc1cccs1)NC(=O)[C@@H](C)Cn1cccn1. The molecule has 2 aromatic rings. The Bertz CT molecular complexity index is 493. The van der Waals surface area contributed by atoms with Gasteiger partial charge in [-0.2, -0.15) is 5.10 Å². The van der Waals surface area contributed by atoms with Crippen LogP contribution in [0.5, 0.6) is 0 Å². The number of hydrogen-bond acceptors (Lipinski definition) is 3. The van der Waals surface area contributed by atoms with Crippen LogP contribution in [0.1, 0.15) is 18.7 Å². The van der Waals surface area contributed by atoms with Crippen LogP contribution < -0.4 is 5.32 Å². The highest BCUT2D eigenvalue weighted by atomic mass is 32.1. The highest BCUT2D eigenvalue weighted by Gasteiger charge is 2.16. The number of thiophene rings is 1. The zero-order valence-electron chi connectivity index (χ0n) is 11.2. The van der Waals surface area contributed by atoms with E-state index < -0.39 is 0 Å². The molecule has 5 heteroatoms. The van der Waals surface area contributed by atoms with E-state index in [9.17, 15) is 4.79 Å². The Morgan fingerprint density at radius 1 is 1.47 bits per heavy atom. The highest BCUT2D eigenvalue weighted by molar-refractivity contribution is 7.09. The van der Waals surface area contributed by atoms with Crippen molar-refractivity contribution >= 4 is 17.2 Å². The lowest BCUT2D eigenvalue weighted by molar-refractivity contribution is -0.125. The summed E-state index contributed by atoms with van der Waals surface area (Å²) in [6.45, 7) is 4.58. The van der Waals surface area contributed by atoms with Crippen LogP contribution >= 0.6 is 11.3 Å². The molecule has 0 saturated carbocycles. The maximum atomic E-state index is 12.1. The second kappa shape index (κ2) is 6.52. The molecule has 0 bridgehead atoms. The zero-order chi connectivity index (χ0) is 13.7. The zero-order valence-corrected chi connectivity index (χ0v) is 12.1. The van der Waals surface area contributed by atoms with E-state index in [0.29, 0.717) is 6.54 Å². The topological polar surface area (TPSA) is 46.9 Å². The Morgan fingerprint density at radius 2 is 2.32 bits per heavy atom. The number of aromatic nitrogens is 2. The van der Waals surface area contributed by atoms with Gasteiger partial charge in [-0.15, -0.1) is 11.3 Å². The van der Waals surface area contributed by atoms with E-state index in [1.807, 2.05) is 32.2 Å². The molecule has 1 amide bonds. The first-order valence-corrected chi connectivity index (χ1v) is 7.33. The van der Waals surface area contributed by atoms with Crippen LogP contribution in [0.15, 0.2) is 36.0 Å². The molecule has 2 atom stereocenters. The van der Waals surface area contributed by atoms with Crippen LogP contribution in [-0.2, 0) is 17.8 Å². The van der Waals surface area contributed by atoms with Crippen LogP contribution in [0.2, 0.25) is 0 Å². The minimum Gasteiger partial charge on any atom is -0.353 e. The molecule has 102 valence electrons. The van der Waals surface area contributed by atoms with Gasteiger partial charge in [-0.3, -0.25) is 9.48 Å². The second-order valence-electron chi connectivity index (χ2n) is 4.82. The maximum absolute atomic E-state index is 12.1. The summed E-state index contributed by atoms with van der Waals surface area (Å²) < 4.78 is 1.79. The van der Waals surface area contributed by atoms with Gasteiger partial charge in [-0.25, -0.2) is 0 Å². The Balaban J connectivity index is 1.79. The number of nitrogens with one attached hydrogen (secondary N) is 1. The Hall–Kier alpha value is -1.62. The number of amides is 1. The molecule has 2 heterocycles. The van der Waals surface area contributed by atoms with Gasteiger partial charge in [-0.05, 0) is 24.4 Å². The molecule has 2 rings (SSSR count). The van der Waals surface area contributed by atoms with Gasteiger partial charge < -0.3 is 5.32 Å². The number of nitrogens with zero attached hydrogens (tertiary/aromatic N) is 2. The first kappa shape index (κ1) is 13.8. The van der Waals surface area contributed by atoms with Crippen LogP contribution in [0.4, 0.5) is 0 Å². The fourth-order valence-corrected chi connectivity index (χ4v) is 2.77. The van der Waals surface area contributed by atoms with Crippen molar-refractivity contribution in [2.45, 2.75) is 32.9 Å². The fourth-order valence-electron chi connectivity index (χ4n) is 1.94. The number of carbonyl (C=O) groups is 1. The summed E-state index contributed by atoms with van der Waals surface area (Å²) in [6.07, 6.45) is 4.49. The van der Waals surface area contributed by atoms with Crippen molar-refractivity contribution in [2.75, 3.05) is 0 Å². The summed E-state index contributed by atoms with van der Waals surface area (Å²) in [4.78, 5) is 13.4. The molecule has 0 fully saturated rings. The molecule has 0 aromatic carbocycles. The first-order valence-electron chi connectivity index (χ1n) is 6.45. The van der Waals surface area contributed by atoms with Crippen LogP contribution in [0, 0.1) is 5.92 Å². The van der Waals surface area contributed by atoms with E-state index in [1.54, 1.807) is 22.2 Å². The van der Waals surface area contributed by atoms with Crippen molar-refractivity contribution in [3.05, 3.63) is 40.8 Å². The van der Waals surface area contributed by atoms with E-state index in [4.69, 9.17) is 0 Å². The van der Waals surface area contributed by atoms with Gasteiger partial charge in [0.15, 0.2) is 0 Å². The smallest absolute Gasteiger partial charge is 0.224 e. The minimum atomic E-state index is -0.0781. The third kappa shape index (κ3) is 4.21. The standard InChI is InChI=1S/C14H19N3OS/c1-11(10-17-7-4-6-15-17)14(18)16-12(2)9-13-5-3-8-19-13/h3-8,11-12H,9-10H2,1-2H3,(H,16,18)/t11-,12-/m0/s1. The molecule has 19 heavy (non-hydrogen) atoms. The summed E-state index contributed by atoms with van der Waals surface area (Å²) in [5.74, 6) is 0.00485. The average molecular weight is 277 g/mol. The van der Waals surface area contributed by atoms with Crippen molar-refractivity contribution < 1.29 is 4.79 Å². The molecule has 0 aliphatic carbocycles. The quantitative estimate of drug-likeness (QED) is 0.881. The van der Waals surface area contributed by atoms with Crippen LogP contribution in [0.25, 0.3) is 0 Å². The van der Waals surface area contributed by atoms with E-state index >= 15 is 0 Å². The van der Waals surface area contributed by atoms with Gasteiger partial charge in [0, 0.05) is 29.7 Å². The van der Waals surface area contributed by atoms with E-state index in [1.165, 1.54) is 4.88 Å². The summed E-state index contributed by atoms with van der Waals surface area (Å²) >= 11 is 1.73. The third-order valence-electron chi connectivity index (χ3n) is 2.94. The second-order valence-corrected chi connectivity index (χ2v) is 5.85. The van der Waals surface area contributed by atoms with E-state index in [-0.39, 0.29) is 17.9 Å². The van der Waals surface area contributed by atoms with Gasteiger partial charge in [0.05, 0.1) is 12.5 Å². The highest BCUT2D eigenvalue weighted by Crippen LogP contribution is 2.11. The number of carbonyl (C=O) groups excluding carboxylic acids is 1. The lowest BCUT2D eigenvalue weighted by Gasteiger charge is -2.17. The molecule has 0 aliphatic rings. The third-order valence-corrected chi connectivity index (χ3v) is 3.84. The Labute approximate surface area is 117 Å². The average Bonchev–Trinajstić information content (AvgIpc) is 3.01. The molecule has 0 radical (unpaired) electrons. The number of hydrogen-bond donors (Lipinski definition) is 1. The van der Waals surface area contributed by atoms with Gasteiger partial charge in [0.25, 0.3) is 0 Å². The Morgan fingerprint density at radius 3 is 2.95 bits per heavy atom. The van der Waals surface area contributed by atoms with Crippen LogP contribution in [0.3, 0.4) is 0 Å².